The molecule has 0 radical (unpaired) electrons. The zero-order valence-corrected chi connectivity index (χ0v) is 15.3. The van der Waals surface area contributed by atoms with Crippen molar-refractivity contribution >= 4 is 41.0 Å². The van der Waals surface area contributed by atoms with Crippen molar-refractivity contribution in [1.82, 2.24) is 0 Å². The number of methoxy groups -OCH3 is 1. The average molecular weight is 378 g/mol. The number of carbonyl (C=O) groups excluding carboxylic acids is 1. The maximum atomic E-state index is 12.0. The van der Waals surface area contributed by atoms with E-state index in [0.717, 1.165) is 11.3 Å². The molecule has 0 saturated heterocycles. The first-order valence-electron chi connectivity index (χ1n) is 7.59. The second-order valence-electron chi connectivity index (χ2n) is 5.05. The number of halogens is 2. The maximum Gasteiger partial charge on any atom is 0.367 e. The molecule has 0 aliphatic heterocycles. The molecule has 2 aromatic carbocycles. The van der Waals surface area contributed by atoms with Crippen LogP contribution in [0, 0.1) is 0 Å². The summed E-state index contributed by atoms with van der Waals surface area (Å²) in [4.78, 5) is 17.0. The van der Waals surface area contributed by atoms with Crippen LogP contribution in [0.25, 0.3) is 6.08 Å². The minimum atomic E-state index is -0.634. The molecule has 0 aliphatic rings. The highest BCUT2D eigenvalue weighted by molar-refractivity contribution is 6.36. The molecule has 0 unspecified atom stereocenters. The average Bonchev–Trinajstić information content (AvgIpc) is 2.62. The lowest BCUT2D eigenvalue weighted by atomic mass is 10.1. The minimum absolute atomic E-state index is 0.212. The van der Waals surface area contributed by atoms with Crippen molar-refractivity contribution in [1.29, 1.82) is 0 Å². The van der Waals surface area contributed by atoms with Crippen LogP contribution in [-0.2, 0) is 4.84 Å². The summed E-state index contributed by atoms with van der Waals surface area (Å²) in [6.07, 6.45) is 4.28. The summed E-state index contributed by atoms with van der Waals surface area (Å²) in [5.74, 6) is 0.153. The Hall–Kier alpha value is -2.30. The fraction of sp³-hybridized carbons (Fsp3) is 0.158. The molecule has 6 heteroatoms. The van der Waals surface area contributed by atoms with Crippen molar-refractivity contribution in [2.75, 3.05) is 7.11 Å². The molecular weight excluding hydrogens is 361 g/mol. The zero-order valence-electron chi connectivity index (χ0n) is 13.8. The number of carbonyl (C=O) groups is 1. The van der Waals surface area contributed by atoms with E-state index in [-0.39, 0.29) is 10.6 Å². The number of hydrogen-bond donors (Lipinski definition) is 0. The molecule has 0 N–H and O–H groups in total. The fourth-order valence-electron chi connectivity index (χ4n) is 1.92. The number of ether oxygens (including phenoxy) is 1. The van der Waals surface area contributed by atoms with Crippen molar-refractivity contribution in [2.24, 2.45) is 5.16 Å². The molecule has 4 nitrogen and oxygen atoms in total. The molecule has 25 heavy (non-hydrogen) atoms. The lowest BCUT2D eigenvalue weighted by Crippen LogP contribution is -2.04. The van der Waals surface area contributed by atoms with E-state index < -0.39 is 5.97 Å². The van der Waals surface area contributed by atoms with Crippen molar-refractivity contribution in [2.45, 2.75) is 13.3 Å². The quantitative estimate of drug-likeness (QED) is 0.371. The SMILES string of the molecule is CCC(/C=C/c1ccc(OC)cc1)=N/OC(=O)c1ccc(Cl)cc1Cl. The van der Waals surface area contributed by atoms with Crippen LogP contribution in [0.3, 0.4) is 0 Å². The third-order valence-corrected chi connectivity index (χ3v) is 3.89. The van der Waals surface area contributed by atoms with Crippen LogP contribution in [0.4, 0.5) is 0 Å². The highest BCUT2D eigenvalue weighted by atomic mass is 35.5. The minimum Gasteiger partial charge on any atom is -0.497 e. The highest BCUT2D eigenvalue weighted by Crippen LogP contribution is 2.21. The van der Waals surface area contributed by atoms with E-state index >= 15 is 0 Å². The van der Waals surface area contributed by atoms with E-state index in [1.165, 1.54) is 12.1 Å². The van der Waals surface area contributed by atoms with Crippen LogP contribution in [0.2, 0.25) is 10.0 Å². The molecule has 0 spiro atoms. The van der Waals surface area contributed by atoms with E-state index in [0.29, 0.717) is 17.2 Å². The van der Waals surface area contributed by atoms with Crippen molar-refractivity contribution in [3.05, 3.63) is 69.7 Å². The van der Waals surface area contributed by atoms with Gasteiger partial charge in [0, 0.05) is 5.02 Å². The van der Waals surface area contributed by atoms with Crippen LogP contribution in [-0.4, -0.2) is 18.8 Å². The number of benzene rings is 2. The molecule has 0 amide bonds. The topological polar surface area (TPSA) is 47.9 Å². The summed E-state index contributed by atoms with van der Waals surface area (Å²) in [7, 11) is 1.62. The van der Waals surface area contributed by atoms with Crippen molar-refractivity contribution < 1.29 is 14.4 Å². The van der Waals surface area contributed by atoms with E-state index in [9.17, 15) is 4.79 Å². The summed E-state index contributed by atoms with van der Waals surface area (Å²) in [5, 5.41) is 4.56. The Bertz CT molecular complexity index is 799. The van der Waals surface area contributed by atoms with Gasteiger partial charge in [0.05, 0.1) is 23.4 Å². The summed E-state index contributed by atoms with van der Waals surface area (Å²) in [5.41, 5.74) is 1.81. The molecule has 0 aromatic heterocycles. The van der Waals surface area contributed by atoms with Gasteiger partial charge in [0.15, 0.2) is 0 Å². The molecule has 0 heterocycles. The lowest BCUT2D eigenvalue weighted by molar-refractivity contribution is 0.0516. The number of oxime groups is 1. The standard InChI is InChI=1S/C19H17Cl2NO3/c1-3-15(8-4-13-5-9-16(24-2)10-6-13)22-25-19(23)17-11-7-14(20)12-18(17)21/h4-12H,3H2,1-2H3/b8-4+,22-15-. The molecule has 0 saturated carbocycles. The Kier molecular flexibility index (Phi) is 7.04. The molecule has 0 aliphatic carbocycles. The van der Waals surface area contributed by atoms with Gasteiger partial charge in [-0.1, -0.05) is 53.5 Å². The summed E-state index contributed by atoms with van der Waals surface area (Å²) in [6, 6.07) is 12.1. The van der Waals surface area contributed by atoms with E-state index in [4.69, 9.17) is 32.8 Å². The van der Waals surface area contributed by atoms with Gasteiger partial charge in [0.1, 0.15) is 5.75 Å². The third-order valence-electron chi connectivity index (χ3n) is 3.34. The summed E-state index contributed by atoms with van der Waals surface area (Å²) >= 11 is 11.8. The number of allylic oxidation sites excluding steroid dienone is 1. The van der Waals surface area contributed by atoms with Crippen LogP contribution in [0.1, 0.15) is 29.3 Å². The van der Waals surface area contributed by atoms with Crippen LogP contribution in [0.5, 0.6) is 5.75 Å². The van der Waals surface area contributed by atoms with Gasteiger partial charge in [0.25, 0.3) is 0 Å². The van der Waals surface area contributed by atoms with Gasteiger partial charge >= 0.3 is 5.97 Å². The maximum absolute atomic E-state index is 12.0. The van der Waals surface area contributed by atoms with E-state index in [1.54, 1.807) is 19.3 Å². The molecule has 0 atom stereocenters. The van der Waals surface area contributed by atoms with Gasteiger partial charge in [-0.25, -0.2) is 4.79 Å². The Morgan fingerprint density at radius 2 is 1.88 bits per heavy atom. The smallest absolute Gasteiger partial charge is 0.367 e. The Balaban J connectivity index is 2.06. The first kappa shape index (κ1) is 19.0. The molecule has 0 bridgehead atoms. The lowest BCUT2D eigenvalue weighted by Gasteiger charge is -2.03. The first-order valence-corrected chi connectivity index (χ1v) is 8.34. The van der Waals surface area contributed by atoms with Crippen LogP contribution >= 0.6 is 23.2 Å². The normalized spacial score (nSPS) is 11.6. The molecule has 2 rings (SSSR count). The van der Waals surface area contributed by atoms with Gasteiger partial charge in [-0.05, 0) is 48.4 Å². The molecule has 0 fully saturated rings. The number of hydrogen-bond acceptors (Lipinski definition) is 4. The Labute approximate surface area is 156 Å². The Morgan fingerprint density at radius 1 is 1.16 bits per heavy atom. The number of nitrogens with zero attached hydrogens (tertiary/aromatic N) is 1. The van der Waals surface area contributed by atoms with E-state index in [1.807, 2.05) is 37.3 Å². The zero-order chi connectivity index (χ0) is 18.2. The first-order chi connectivity index (χ1) is 12.0. The van der Waals surface area contributed by atoms with Gasteiger partial charge in [-0.15, -0.1) is 0 Å². The largest absolute Gasteiger partial charge is 0.497 e. The molecule has 130 valence electrons. The Morgan fingerprint density at radius 3 is 2.48 bits per heavy atom. The monoisotopic (exact) mass is 377 g/mol. The third kappa shape index (κ3) is 5.62. The summed E-state index contributed by atoms with van der Waals surface area (Å²) in [6.45, 7) is 1.92. The van der Waals surface area contributed by atoms with Crippen molar-refractivity contribution in [3.8, 4) is 5.75 Å². The van der Waals surface area contributed by atoms with Gasteiger partial charge in [0.2, 0.25) is 0 Å². The van der Waals surface area contributed by atoms with Crippen LogP contribution in [0.15, 0.2) is 53.7 Å². The highest BCUT2D eigenvalue weighted by Gasteiger charge is 2.12. The predicted octanol–water partition coefficient (Wildman–Crippen LogP) is 5.64. The number of rotatable bonds is 6. The van der Waals surface area contributed by atoms with Crippen molar-refractivity contribution in [3.63, 3.8) is 0 Å². The second-order valence-corrected chi connectivity index (χ2v) is 5.89. The van der Waals surface area contributed by atoms with Gasteiger partial charge in [-0.3, -0.25) is 0 Å². The molecular formula is C19H17Cl2NO3. The van der Waals surface area contributed by atoms with Crippen LogP contribution < -0.4 is 4.74 Å². The van der Waals surface area contributed by atoms with Gasteiger partial charge in [-0.2, -0.15) is 0 Å². The fourth-order valence-corrected chi connectivity index (χ4v) is 2.41. The summed E-state index contributed by atoms with van der Waals surface area (Å²) < 4.78 is 5.12. The predicted molar refractivity (Wildman–Crippen MR) is 102 cm³/mol. The van der Waals surface area contributed by atoms with E-state index in [2.05, 4.69) is 5.16 Å². The second kappa shape index (κ2) is 9.25. The van der Waals surface area contributed by atoms with Gasteiger partial charge < -0.3 is 9.57 Å². The molecule has 2 aromatic rings.